The second-order valence-corrected chi connectivity index (χ2v) is 4.85. The predicted molar refractivity (Wildman–Crippen MR) is 66.7 cm³/mol. The molecule has 0 fully saturated rings. The fourth-order valence-electron chi connectivity index (χ4n) is 1.44. The molecule has 0 saturated carbocycles. The number of rotatable bonds is 5. The number of hydrogen-bond donors (Lipinski definition) is 2. The van der Waals surface area contributed by atoms with Gasteiger partial charge in [-0.1, -0.05) is 12.1 Å². The maximum atomic E-state index is 12.0. The molecule has 8 heteroatoms. The van der Waals surface area contributed by atoms with E-state index in [1.54, 1.807) is 0 Å². The van der Waals surface area contributed by atoms with Gasteiger partial charge in [-0.15, -0.1) is 13.2 Å². The molecule has 0 spiro atoms. The fourth-order valence-corrected chi connectivity index (χ4v) is 1.44. The molecular weight excluding hydrogens is 291 g/mol. The quantitative estimate of drug-likeness (QED) is 0.873. The number of hydrogen-bond acceptors (Lipinski definition) is 3. The monoisotopic (exact) mass is 305 g/mol. The van der Waals surface area contributed by atoms with Gasteiger partial charge in [-0.05, 0) is 31.5 Å². The molecular formula is C13H14F3NO4. The average Bonchev–Trinajstić information content (AvgIpc) is 2.28. The number of halogens is 3. The SMILES string of the molecule is CC(C)(NC(=O)Cc1ccc(OC(F)(F)F)cc1)C(=O)O. The first kappa shape index (κ1) is 16.8. The lowest BCUT2D eigenvalue weighted by molar-refractivity contribution is -0.274. The summed E-state index contributed by atoms with van der Waals surface area (Å²) in [5.41, 5.74) is -0.987. The minimum absolute atomic E-state index is 0.150. The molecule has 5 nitrogen and oxygen atoms in total. The number of ether oxygens (including phenoxy) is 1. The first-order chi connectivity index (χ1) is 9.49. The summed E-state index contributed by atoms with van der Waals surface area (Å²) in [6, 6.07) is 4.76. The molecule has 0 atom stereocenters. The fraction of sp³-hybridized carbons (Fsp3) is 0.385. The van der Waals surface area contributed by atoms with E-state index in [0.29, 0.717) is 5.56 Å². The number of carboxylic acids is 1. The summed E-state index contributed by atoms with van der Waals surface area (Å²) in [6.45, 7) is 2.65. The maximum absolute atomic E-state index is 12.0. The molecule has 2 N–H and O–H groups in total. The lowest BCUT2D eigenvalue weighted by Gasteiger charge is -2.21. The highest BCUT2D eigenvalue weighted by Crippen LogP contribution is 2.22. The lowest BCUT2D eigenvalue weighted by atomic mass is 10.1. The minimum atomic E-state index is -4.77. The number of benzene rings is 1. The van der Waals surface area contributed by atoms with Gasteiger partial charge in [0.25, 0.3) is 0 Å². The Kier molecular flexibility index (Phi) is 4.82. The third-order valence-electron chi connectivity index (χ3n) is 2.51. The van der Waals surface area contributed by atoms with Crippen LogP contribution in [0.2, 0.25) is 0 Å². The van der Waals surface area contributed by atoms with Crippen molar-refractivity contribution in [3.8, 4) is 5.75 Å². The molecule has 0 aromatic heterocycles. The zero-order valence-electron chi connectivity index (χ0n) is 11.3. The van der Waals surface area contributed by atoms with Crippen LogP contribution < -0.4 is 10.1 Å². The van der Waals surface area contributed by atoms with Crippen LogP contribution in [0.4, 0.5) is 13.2 Å². The van der Waals surface area contributed by atoms with Crippen LogP contribution in [0.3, 0.4) is 0 Å². The zero-order chi connectivity index (χ0) is 16.3. The number of amides is 1. The number of nitrogens with one attached hydrogen (secondary N) is 1. The molecule has 0 saturated heterocycles. The number of carbonyl (C=O) groups is 2. The van der Waals surface area contributed by atoms with E-state index in [4.69, 9.17) is 5.11 Å². The molecule has 0 unspecified atom stereocenters. The van der Waals surface area contributed by atoms with E-state index in [-0.39, 0.29) is 6.42 Å². The highest BCUT2D eigenvalue weighted by molar-refractivity contribution is 5.87. The first-order valence-electron chi connectivity index (χ1n) is 5.89. The van der Waals surface area contributed by atoms with E-state index in [1.165, 1.54) is 26.0 Å². The Bertz CT molecular complexity index is 523. The van der Waals surface area contributed by atoms with Crippen molar-refractivity contribution in [3.05, 3.63) is 29.8 Å². The highest BCUT2D eigenvalue weighted by atomic mass is 19.4. The number of carboxylic acid groups (broad SMARTS) is 1. The Hall–Kier alpha value is -2.25. The van der Waals surface area contributed by atoms with E-state index >= 15 is 0 Å². The van der Waals surface area contributed by atoms with Gasteiger partial charge in [0.15, 0.2) is 0 Å². The maximum Gasteiger partial charge on any atom is 0.573 e. The van der Waals surface area contributed by atoms with E-state index < -0.39 is 29.5 Å². The molecule has 1 amide bonds. The van der Waals surface area contributed by atoms with Gasteiger partial charge < -0.3 is 15.2 Å². The summed E-state index contributed by atoms with van der Waals surface area (Å²) < 4.78 is 39.6. The third kappa shape index (κ3) is 5.72. The molecule has 1 rings (SSSR count). The van der Waals surface area contributed by atoms with Crippen molar-refractivity contribution in [2.45, 2.75) is 32.2 Å². The van der Waals surface area contributed by atoms with Crippen LogP contribution in [0.15, 0.2) is 24.3 Å². The second kappa shape index (κ2) is 6.02. The number of carbonyl (C=O) groups excluding carboxylic acids is 1. The van der Waals surface area contributed by atoms with Crippen molar-refractivity contribution in [1.82, 2.24) is 5.32 Å². The van der Waals surface area contributed by atoms with Gasteiger partial charge in [-0.25, -0.2) is 4.79 Å². The molecule has 0 heterocycles. The second-order valence-electron chi connectivity index (χ2n) is 4.85. The Balaban J connectivity index is 2.64. The largest absolute Gasteiger partial charge is 0.573 e. The topological polar surface area (TPSA) is 75.6 Å². The molecule has 0 bridgehead atoms. The van der Waals surface area contributed by atoms with Crippen LogP contribution in [-0.2, 0) is 16.0 Å². The van der Waals surface area contributed by atoms with Gasteiger partial charge in [0.2, 0.25) is 5.91 Å². The van der Waals surface area contributed by atoms with Gasteiger partial charge in [0.05, 0.1) is 6.42 Å². The van der Waals surface area contributed by atoms with Crippen molar-refractivity contribution < 1.29 is 32.6 Å². The molecule has 0 aliphatic carbocycles. The number of alkyl halides is 3. The van der Waals surface area contributed by atoms with Crippen LogP contribution in [0.25, 0.3) is 0 Å². The van der Waals surface area contributed by atoms with Crippen molar-refractivity contribution in [3.63, 3.8) is 0 Å². The summed E-state index contributed by atoms with van der Waals surface area (Å²) in [6.07, 6.45) is -4.92. The van der Waals surface area contributed by atoms with Crippen LogP contribution in [0.1, 0.15) is 19.4 Å². The van der Waals surface area contributed by atoms with Gasteiger partial charge in [-0.3, -0.25) is 4.79 Å². The Morgan fingerprint density at radius 1 is 1.19 bits per heavy atom. The highest BCUT2D eigenvalue weighted by Gasteiger charge is 2.31. The average molecular weight is 305 g/mol. The molecule has 0 radical (unpaired) electrons. The van der Waals surface area contributed by atoms with Crippen LogP contribution in [-0.4, -0.2) is 28.9 Å². The van der Waals surface area contributed by atoms with Crippen molar-refractivity contribution >= 4 is 11.9 Å². The van der Waals surface area contributed by atoms with Crippen LogP contribution in [0.5, 0.6) is 5.75 Å². The Labute approximate surface area is 118 Å². The van der Waals surface area contributed by atoms with E-state index in [9.17, 15) is 22.8 Å². The minimum Gasteiger partial charge on any atom is -0.480 e. The molecule has 1 aromatic rings. The van der Waals surface area contributed by atoms with Crippen molar-refractivity contribution in [2.75, 3.05) is 0 Å². The molecule has 0 aliphatic heterocycles. The van der Waals surface area contributed by atoms with Crippen LogP contribution in [0, 0.1) is 0 Å². The van der Waals surface area contributed by atoms with Gasteiger partial charge >= 0.3 is 12.3 Å². The van der Waals surface area contributed by atoms with E-state index in [2.05, 4.69) is 10.1 Å². The summed E-state index contributed by atoms with van der Waals surface area (Å²) in [4.78, 5) is 22.5. The smallest absolute Gasteiger partial charge is 0.480 e. The number of aliphatic carboxylic acids is 1. The van der Waals surface area contributed by atoms with Gasteiger partial charge in [0, 0.05) is 0 Å². The zero-order valence-corrected chi connectivity index (χ0v) is 11.3. The Morgan fingerprint density at radius 2 is 1.71 bits per heavy atom. The van der Waals surface area contributed by atoms with Crippen LogP contribution >= 0.6 is 0 Å². The van der Waals surface area contributed by atoms with E-state index in [1.807, 2.05) is 0 Å². The van der Waals surface area contributed by atoms with Gasteiger partial charge in [0.1, 0.15) is 11.3 Å². The first-order valence-corrected chi connectivity index (χ1v) is 5.89. The van der Waals surface area contributed by atoms with Crippen molar-refractivity contribution in [2.24, 2.45) is 0 Å². The summed E-state index contributed by atoms with van der Waals surface area (Å²) >= 11 is 0. The standard InChI is InChI=1S/C13H14F3NO4/c1-12(2,11(19)20)17-10(18)7-8-3-5-9(6-4-8)21-13(14,15)16/h3-6H,7H2,1-2H3,(H,17,18)(H,19,20). The summed E-state index contributed by atoms with van der Waals surface area (Å²) in [5.74, 6) is -2.13. The van der Waals surface area contributed by atoms with Crippen molar-refractivity contribution in [1.29, 1.82) is 0 Å². The Morgan fingerprint density at radius 3 is 2.14 bits per heavy atom. The molecule has 116 valence electrons. The predicted octanol–water partition coefficient (Wildman–Crippen LogP) is 2.11. The van der Waals surface area contributed by atoms with E-state index in [0.717, 1.165) is 12.1 Å². The summed E-state index contributed by atoms with van der Waals surface area (Å²) in [7, 11) is 0. The molecule has 0 aliphatic rings. The lowest BCUT2D eigenvalue weighted by Crippen LogP contribution is -2.50. The summed E-state index contributed by atoms with van der Waals surface area (Å²) in [5, 5.41) is 11.2. The van der Waals surface area contributed by atoms with Gasteiger partial charge in [-0.2, -0.15) is 0 Å². The normalized spacial score (nSPS) is 11.9. The molecule has 1 aromatic carbocycles. The third-order valence-corrected chi connectivity index (χ3v) is 2.51. The molecule has 21 heavy (non-hydrogen) atoms.